The van der Waals surface area contributed by atoms with Crippen LogP contribution in [0.1, 0.15) is 16.7 Å². The van der Waals surface area contributed by atoms with Crippen LogP contribution >= 0.6 is 24.0 Å². The molecule has 6 nitrogen and oxygen atoms in total. The van der Waals surface area contributed by atoms with Gasteiger partial charge >= 0.3 is 0 Å². The molecule has 0 radical (unpaired) electrons. The molecular weight excluding hydrogens is 469 g/mol. The summed E-state index contributed by atoms with van der Waals surface area (Å²) in [6.07, 6.45) is 0.759. The van der Waals surface area contributed by atoms with E-state index in [1.165, 1.54) is 11.1 Å². The van der Waals surface area contributed by atoms with Crippen LogP contribution in [0.3, 0.4) is 0 Å². The normalized spacial score (nSPS) is 10.7. The Bertz CT molecular complexity index is 764. The summed E-state index contributed by atoms with van der Waals surface area (Å²) in [7, 11) is 6.62. The first-order valence-corrected chi connectivity index (χ1v) is 8.90. The molecule has 0 aliphatic heterocycles. The molecule has 0 saturated heterocycles. The summed E-state index contributed by atoms with van der Waals surface area (Å²) < 4.78 is 16.3. The number of nitrogens with one attached hydrogen (secondary N) is 2. The highest BCUT2D eigenvalue weighted by atomic mass is 127. The topological polar surface area (TPSA) is 64.1 Å². The van der Waals surface area contributed by atoms with Crippen molar-refractivity contribution in [3.05, 3.63) is 53.1 Å². The summed E-state index contributed by atoms with van der Waals surface area (Å²) in [5.41, 5.74) is 3.51. The highest BCUT2D eigenvalue weighted by Gasteiger charge is 2.15. The minimum Gasteiger partial charge on any atom is -0.493 e. The summed E-state index contributed by atoms with van der Waals surface area (Å²) >= 11 is 0. The molecule has 2 N–H and O–H groups in total. The Morgan fingerprint density at radius 1 is 0.893 bits per heavy atom. The van der Waals surface area contributed by atoms with E-state index in [0.717, 1.165) is 24.5 Å². The second-order valence-electron chi connectivity index (χ2n) is 6.08. The maximum Gasteiger partial charge on any atom is 0.203 e. The fraction of sp³-hybridized carbons (Fsp3) is 0.381. The van der Waals surface area contributed by atoms with Crippen LogP contribution < -0.4 is 24.8 Å². The highest BCUT2D eigenvalue weighted by molar-refractivity contribution is 14.0. The number of hydrogen-bond donors (Lipinski definition) is 2. The molecule has 0 saturated carbocycles. The molecule has 2 aromatic rings. The van der Waals surface area contributed by atoms with E-state index in [9.17, 15) is 0 Å². The molecule has 2 aromatic carbocycles. The molecule has 28 heavy (non-hydrogen) atoms. The van der Waals surface area contributed by atoms with Crippen molar-refractivity contribution < 1.29 is 14.2 Å². The molecule has 0 spiro atoms. The van der Waals surface area contributed by atoms with Crippen molar-refractivity contribution in [1.29, 1.82) is 0 Å². The minimum atomic E-state index is 0. The van der Waals surface area contributed by atoms with Crippen molar-refractivity contribution >= 4 is 29.9 Å². The quantitative estimate of drug-likeness (QED) is 0.331. The molecule has 154 valence electrons. The number of benzene rings is 2. The monoisotopic (exact) mass is 499 g/mol. The lowest BCUT2D eigenvalue weighted by Crippen LogP contribution is -2.37. The van der Waals surface area contributed by atoms with Gasteiger partial charge in [-0.15, -0.1) is 24.0 Å². The average Bonchev–Trinajstić information content (AvgIpc) is 2.70. The summed E-state index contributed by atoms with van der Waals surface area (Å²) in [5, 5.41) is 6.65. The Morgan fingerprint density at radius 2 is 1.57 bits per heavy atom. The third kappa shape index (κ3) is 6.47. The van der Waals surface area contributed by atoms with Crippen molar-refractivity contribution in [3.8, 4) is 17.2 Å². The van der Waals surface area contributed by atoms with Crippen LogP contribution in [0.25, 0.3) is 0 Å². The Morgan fingerprint density at radius 3 is 2.14 bits per heavy atom. The number of guanidine groups is 1. The second-order valence-corrected chi connectivity index (χ2v) is 6.08. The Balaban J connectivity index is 0.00000392. The van der Waals surface area contributed by atoms with Gasteiger partial charge in [0, 0.05) is 25.7 Å². The van der Waals surface area contributed by atoms with Gasteiger partial charge < -0.3 is 24.8 Å². The summed E-state index contributed by atoms with van der Waals surface area (Å²) in [5.74, 6) is 2.72. The van der Waals surface area contributed by atoms with E-state index in [1.54, 1.807) is 28.4 Å². The lowest BCUT2D eigenvalue weighted by Gasteiger charge is -2.16. The highest BCUT2D eigenvalue weighted by Crippen LogP contribution is 2.39. The largest absolute Gasteiger partial charge is 0.493 e. The smallest absolute Gasteiger partial charge is 0.203 e. The first kappa shape index (κ1) is 23.9. The first-order chi connectivity index (χ1) is 13.1. The molecular formula is C21H30IN3O3. The third-order valence-corrected chi connectivity index (χ3v) is 4.28. The lowest BCUT2D eigenvalue weighted by atomic mass is 10.1. The fourth-order valence-corrected chi connectivity index (χ4v) is 2.79. The van der Waals surface area contributed by atoms with Crippen LogP contribution in [0.4, 0.5) is 0 Å². The van der Waals surface area contributed by atoms with E-state index in [4.69, 9.17) is 14.2 Å². The Kier molecular flexibility index (Phi) is 10.5. The first-order valence-electron chi connectivity index (χ1n) is 8.90. The molecule has 0 aliphatic rings. The zero-order chi connectivity index (χ0) is 19.6. The predicted molar refractivity (Wildman–Crippen MR) is 125 cm³/mol. The number of aryl methyl sites for hydroxylation is 1. The second kappa shape index (κ2) is 12.3. The molecule has 0 amide bonds. The number of ether oxygens (including phenoxy) is 3. The molecule has 0 aliphatic carbocycles. The minimum absolute atomic E-state index is 0. The number of rotatable bonds is 8. The molecule has 2 rings (SSSR count). The molecule has 0 atom stereocenters. The van der Waals surface area contributed by atoms with E-state index < -0.39 is 0 Å². The van der Waals surface area contributed by atoms with Gasteiger partial charge in [-0.1, -0.05) is 35.9 Å². The molecule has 0 heterocycles. The van der Waals surface area contributed by atoms with Crippen LogP contribution in [-0.2, 0) is 13.0 Å². The van der Waals surface area contributed by atoms with E-state index in [0.29, 0.717) is 23.8 Å². The van der Waals surface area contributed by atoms with Gasteiger partial charge in [-0.3, -0.25) is 4.99 Å². The number of methoxy groups -OCH3 is 3. The van der Waals surface area contributed by atoms with Crippen molar-refractivity contribution in [1.82, 2.24) is 10.6 Å². The van der Waals surface area contributed by atoms with Crippen molar-refractivity contribution in [2.75, 3.05) is 34.9 Å². The van der Waals surface area contributed by atoms with Gasteiger partial charge in [0.05, 0.1) is 21.3 Å². The van der Waals surface area contributed by atoms with E-state index in [-0.39, 0.29) is 24.0 Å². The molecule has 0 bridgehead atoms. The number of aliphatic imine (C=N–C) groups is 1. The molecule has 7 heteroatoms. The summed E-state index contributed by atoms with van der Waals surface area (Å²) in [6, 6.07) is 12.3. The average molecular weight is 499 g/mol. The van der Waals surface area contributed by atoms with Gasteiger partial charge in [0.1, 0.15) is 0 Å². The maximum atomic E-state index is 5.53. The van der Waals surface area contributed by atoms with E-state index >= 15 is 0 Å². The van der Waals surface area contributed by atoms with Gasteiger partial charge in [-0.05, 0) is 25.0 Å². The van der Waals surface area contributed by atoms with Crippen LogP contribution in [0.5, 0.6) is 17.2 Å². The number of nitrogens with zero attached hydrogens (tertiary/aromatic N) is 1. The van der Waals surface area contributed by atoms with Crippen molar-refractivity contribution in [3.63, 3.8) is 0 Å². The number of hydrogen-bond acceptors (Lipinski definition) is 4. The zero-order valence-electron chi connectivity index (χ0n) is 17.2. The maximum absolute atomic E-state index is 5.53. The van der Waals surface area contributed by atoms with Crippen LogP contribution in [-0.4, -0.2) is 40.9 Å². The van der Waals surface area contributed by atoms with Crippen LogP contribution in [0, 0.1) is 6.92 Å². The molecule has 0 fully saturated rings. The van der Waals surface area contributed by atoms with Gasteiger partial charge in [-0.25, -0.2) is 0 Å². The fourth-order valence-electron chi connectivity index (χ4n) is 2.79. The van der Waals surface area contributed by atoms with E-state index in [2.05, 4.69) is 46.8 Å². The Labute approximate surface area is 184 Å². The lowest BCUT2D eigenvalue weighted by molar-refractivity contribution is 0.322. The SMILES string of the molecule is CN=C(NCCc1ccc(OC)c(OC)c1OC)NCc1ccc(C)cc1.I. The van der Waals surface area contributed by atoms with Gasteiger partial charge in [0.15, 0.2) is 17.5 Å². The van der Waals surface area contributed by atoms with Gasteiger partial charge in [-0.2, -0.15) is 0 Å². The van der Waals surface area contributed by atoms with E-state index in [1.807, 2.05) is 12.1 Å². The molecule has 0 aromatic heterocycles. The van der Waals surface area contributed by atoms with Crippen molar-refractivity contribution in [2.45, 2.75) is 19.9 Å². The van der Waals surface area contributed by atoms with Crippen LogP contribution in [0.15, 0.2) is 41.4 Å². The third-order valence-electron chi connectivity index (χ3n) is 4.28. The van der Waals surface area contributed by atoms with Crippen molar-refractivity contribution in [2.24, 2.45) is 4.99 Å². The number of halogens is 1. The molecule has 0 unspecified atom stereocenters. The summed E-state index contributed by atoms with van der Waals surface area (Å²) in [4.78, 5) is 4.27. The predicted octanol–water partition coefficient (Wildman–Crippen LogP) is 3.55. The summed E-state index contributed by atoms with van der Waals surface area (Å²) in [6.45, 7) is 3.51. The van der Waals surface area contributed by atoms with Gasteiger partial charge in [0.25, 0.3) is 0 Å². The van der Waals surface area contributed by atoms with Crippen LogP contribution in [0.2, 0.25) is 0 Å². The standard InChI is InChI=1S/C21H29N3O3.HI/c1-15-6-8-16(9-7-15)14-24-21(22-2)23-13-12-17-10-11-18(25-3)20(27-5)19(17)26-4;/h6-11H,12-14H2,1-5H3,(H2,22,23,24);1H. The Hall–Kier alpha value is -2.16. The zero-order valence-corrected chi connectivity index (χ0v) is 19.5. The van der Waals surface area contributed by atoms with Gasteiger partial charge in [0.2, 0.25) is 5.75 Å².